The Morgan fingerprint density at radius 2 is 2.26 bits per heavy atom. The third-order valence-electron chi connectivity index (χ3n) is 4.28. The van der Waals surface area contributed by atoms with Gasteiger partial charge < -0.3 is 30.2 Å². The van der Waals surface area contributed by atoms with Crippen LogP contribution in [0.15, 0.2) is 18.5 Å². The summed E-state index contributed by atoms with van der Waals surface area (Å²) in [7, 11) is 0. The topological polar surface area (TPSA) is 165 Å². The molecule has 4 atom stereocenters. The molecular formula is C16H19N5O6. The van der Waals surface area contributed by atoms with E-state index in [1.807, 2.05) is 13.0 Å². The molecule has 11 nitrogen and oxygen atoms in total. The first-order chi connectivity index (χ1) is 12.9. The Labute approximate surface area is 153 Å². The number of carbonyl (C=O) groups excluding carboxylic acids is 1. The van der Waals surface area contributed by atoms with Crippen LogP contribution in [0.2, 0.25) is 0 Å². The lowest BCUT2D eigenvalue weighted by molar-refractivity contribution is -0.0719. The maximum Gasteiger partial charge on any atom is 0.508 e. The molecule has 0 radical (unpaired) electrons. The fourth-order valence-corrected chi connectivity index (χ4v) is 2.93. The lowest BCUT2D eigenvalue weighted by Gasteiger charge is -2.24. The van der Waals surface area contributed by atoms with Crippen molar-refractivity contribution in [1.29, 1.82) is 5.26 Å². The number of rotatable bonds is 5. The molecule has 27 heavy (non-hydrogen) atoms. The maximum absolute atomic E-state index is 11.5. The standard InChI is InChI=1S/C16H19N5O6/c1-2-5-25-15(24)26-6-10-12(22)13(23)16(7-17,27-10)11-4-3-9-14(18)19-8-20-21(9)11/h3-4,8,10,12-13,22-23H,2,5-6H2,1H3,(H2,18,19,20)/t10?,12-,13-,16+/m1/s1. The Balaban J connectivity index is 1.86. The van der Waals surface area contributed by atoms with Crippen molar-refractivity contribution in [2.75, 3.05) is 18.9 Å². The highest BCUT2D eigenvalue weighted by Crippen LogP contribution is 2.40. The third-order valence-corrected chi connectivity index (χ3v) is 4.28. The second kappa shape index (κ2) is 7.36. The number of hydrogen-bond acceptors (Lipinski definition) is 10. The van der Waals surface area contributed by atoms with Crippen molar-refractivity contribution in [3.63, 3.8) is 0 Å². The van der Waals surface area contributed by atoms with Gasteiger partial charge in [0.15, 0.2) is 5.82 Å². The van der Waals surface area contributed by atoms with Crippen LogP contribution in [-0.4, -0.2) is 62.5 Å². The van der Waals surface area contributed by atoms with Crippen LogP contribution in [0.3, 0.4) is 0 Å². The summed E-state index contributed by atoms with van der Waals surface area (Å²) in [6.45, 7) is 1.62. The fourth-order valence-electron chi connectivity index (χ4n) is 2.93. The number of nitrogens with two attached hydrogens (primary N) is 1. The van der Waals surface area contributed by atoms with Crippen LogP contribution in [0.4, 0.5) is 10.6 Å². The molecule has 1 saturated heterocycles. The lowest BCUT2D eigenvalue weighted by atomic mass is 9.92. The molecule has 1 unspecified atom stereocenters. The molecule has 1 aliphatic rings. The number of fused-ring (bicyclic) bond motifs is 1. The van der Waals surface area contributed by atoms with Gasteiger partial charge in [0.2, 0.25) is 5.60 Å². The second-order valence-corrected chi connectivity index (χ2v) is 6.01. The lowest BCUT2D eigenvalue weighted by Crippen LogP contribution is -2.41. The van der Waals surface area contributed by atoms with E-state index in [-0.39, 0.29) is 18.1 Å². The van der Waals surface area contributed by atoms with Gasteiger partial charge in [-0.25, -0.2) is 14.3 Å². The average molecular weight is 377 g/mol. The average Bonchev–Trinajstić information content (AvgIpc) is 3.21. The molecule has 0 aromatic carbocycles. The number of anilines is 1. The summed E-state index contributed by atoms with van der Waals surface area (Å²) in [5.41, 5.74) is 4.42. The molecule has 0 spiro atoms. The molecule has 4 N–H and O–H groups in total. The summed E-state index contributed by atoms with van der Waals surface area (Å²) in [6.07, 6.45) is -3.34. The Morgan fingerprint density at radius 1 is 1.48 bits per heavy atom. The summed E-state index contributed by atoms with van der Waals surface area (Å²) in [4.78, 5) is 15.3. The predicted octanol–water partition coefficient (Wildman–Crippen LogP) is -0.286. The highest BCUT2D eigenvalue weighted by molar-refractivity contribution is 5.66. The third kappa shape index (κ3) is 3.14. The smallest absolute Gasteiger partial charge is 0.434 e. The number of aliphatic hydroxyl groups excluding tert-OH is 2. The number of nitrogen functional groups attached to an aromatic ring is 1. The fraction of sp³-hybridized carbons (Fsp3) is 0.500. The van der Waals surface area contributed by atoms with Gasteiger partial charge in [-0.15, -0.1) is 0 Å². The minimum absolute atomic E-state index is 0.164. The van der Waals surface area contributed by atoms with E-state index in [9.17, 15) is 20.3 Å². The number of nitrogens with zero attached hydrogens (tertiary/aromatic N) is 4. The zero-order valence-electron chi connectivity index (χ0n) is 14.5. The van der Waals surface area contributed by atoms with Gasteiger partial charge in [0.05, 0.1) is 12.3 Å². The highest BCUT2D eigenvalue weighted by atomic mass is 16.7. The molecule has 2 aromatic rings. The SMILES string of the molecule is CCCOC(=O)OCC1O[C@@](C#N)(c2ccc3c(N)ncnn23)[C@H](O)[C@@H]1O. The van der Waals surface area contributed by atoms with E-state index in [1.54, 1.807) is 6.07 Å². The summed E-state index contributed by atoms with van der Waals surface area (Å²) in [5.74, 6) is 0.177. The van der Waals surface area contributed by atoms with Crippen LogP contribution in [0.5, 0.6) is 0 Å². The largest absolute Gasteiger partial charge is 0.508 e. The van der Waals surface area contributed by atoms with Crippen LogP contribution in [-0.2, 0) is 19.8 Å². The van der Waals surface area contributed by atoms with E-state index in [0.717, 1.165) is 0 Å². The van der Waals surface area contributed by atoms with E-state index < -0.39 is 36.7 Å². The number of aromatic nitrogens is 3. The first-order valence-corrected chi connectivity index (χ1v) is 8.28. The molecule has 11 heteroatoms. The quantitative estimate of drug-likeness (QED) is 0.590. The number of carbonyl (C=O) groups is 1. The summed E-state index contributed by atoms with van der Waals surface area (Å²) in [6, 6.07) is 4.96. The van der Waals surface area contributed by atoms with Gasteiger partial charge in [-0.1, -0.05) is 6.92 Å². The van der Waals surface area contributed by atoms with E-state index in [4.69, 9.17) is 19.9 Å². The first-order valence-electron chi connectivity index (χ1n) is 8.28. The molecular weight excluding hydrogens is 358 g/mol. The van der Waals surface area contributed by atoms with Crippen molar-refractivity contribution < 1.29 is 29.2 Å². The van der Waals surface area contributed by atoms with Gasteiger partial charge in [-0.3, -0.25) is 0 Å². The number of aliphatic hydroxyl groups is 2. The van der Waals surface area contributed by atoms with Crippen molar-refractivity contribution in [3.8, 4) is 6.07 Å². The number of hydrogen-bond donors (Lipinski definition) is 3. The molecule has 2 aromatic heterocycles. The van der Waals surface area contributed by atoms with Gasteiger partial charge in [-0.2, -0.15) is 10.4 Å². The van der Waals surface area contributed by atoms with Crippen LogP contribution in [0, 0.1) is 11.3 Å². The van der Waals surface area contributed by atoms with Crippen LogP contribution in [0.1, 0.15) is 19.0 Å². The molecule has 3 heterocycles. The van der Waals surface area contributed by atoms with Crippen LogP contribution >= 0.6 is 0 Å². The Kier molecular flexibility index (Phi) is 5.13. The number of ether oxygens (including phenoxy) is 3. The highest BCUT2D eigenvalue weighted by Gasteiger charge is 2.57. The second-order valence-electron chi connectivity index (χ2n) is 6.01. The van der Waals surface area contributed by atoms with Gasteiger partial charge in [0.25, 0.3) is 0 Å². The van der Waals surface area contributed by atoms with E-state index in [0.29, 0.717) is 11.9 Å². The molecule has 1 aliphatic heterocycles. The van der Waals surface area contributed by atoms with Crippen molar-refractivity contribution in [3.05, 3.63) is 24.2 Å². The minimum atomic E-state index is -1.94. The van der Waals surface area contributed by atoms with Crippen LogP contribution < -0.4 is 5.73 Å². The molecule has 0 aliphatic carbocycles. The Hall–Kier alpha value is -2.94. The Morgan fingerprint density at radius 3 is 2.96 bits per heavy atom. The van der Waals surface area contributed by atoms with Crippen molar-refractivity contribution in [2.24, 2.45) is 0 Å². The summed E-state index contributed by atoms with van der Waals surface area (Å²) in [5, 5.41) is 34.6. The normalized spacial score (nSPS) is 27.4. The zero-order chi connectivity index (χ0) is 19.6. The first kappa shape index (κ1) is 18.8. The van der Waals surface area contributed by atoms with Gasteiger partial charge in [-0.05, 0) is 18.6 Å². The Bertz CT molecular complexity index is 880. The molecule has 0 amide bonds. The van der Waals surface area contributed by atoms with Gasteiger partial charge >= 0.3 is 6.16 Å². The molecule has 3 rings (SSSR count). The van der Waals surface area contributed by atoms with Gasteiger partial charge in [0.1, 0.15) is 42.8 Å². The summed E-state index contributed by atoms with van der Waals surface area (Å²) < 4.78 is 16.6. The zero-order valence-corrected chi connectivity index (χ0v) is 14.5. The molecule has 144 valence electrons. The predicted molar refractivity (Wildman–Crippen MR) is 89.2 cm³/mol. The van der Waals surface area contributed by atoms with E-state index in [1.165, 1.54) is 16.9 Å². The molecule has 0 saturated carbocycles. The maximum atomic E-state index is 11.5. The monoisotopic (exact) mass is 377 g/mol. The van der Waals surface area contributed by atoms with Gasteiger partial charge in [0, 0.05) is 0 Å². The molecule has 1 fully saturated rings. The van der Waals surface area contributed by atoms with E-state index in [2.05, 4.69) is 10.1 Å². The van der Waals surface area contributed by atoms with Crippen molar-refractivity contribution in [2.45, 2.75) is 37.3 Å². The summed E-state index contributed by atoms with van der Waals surface area (Å²) >= 11 is 0. The number of nitriles is 1. The van der Waals surface area contributed by atoms with Crippen molar-refractivity contribution in [1.82, 2.24) is 14.6 Å². The van der Waals surface area contributed by atoms with E-state index >= 15 is 0 Å². The van der Waals surface area contributed by atoms with Crippen molar-refractivity contribution >= 4 is 17.5 Å². The molecule has 0 bridgehead atoms. The van der Waals surface area contributed by atoms with Crippen LogP contribution in [0.25, 0.3) is 5.52 Å². The minimum Gasteiger partial charge on any atom is -0.434 e.